The Balaban J connectivity index is 1.91. The molecule has 1 fully saturated rings. The standard InChI is InChI=1S/C18H30N2O/c1-3-10-19-13-16-11-17(4-2)20-18(12-16)21-14-15-8-6-5-7-9-15/h11-12,15,19H,3-10,13-14H2,1-2H3. The van der Waals surface area contributed by atoms with Gasteiger partial charge in [0.05, 0.1) is 6.61 Å². The lowest BCUT2D eigenvalue weighted by atomic mass is 9.90. The lowest BCUT2D eigenvalue weighted by Crippen LogP contribution is -2.17. The van der Waals surface area contributed by atoms with Crippen LogP contribution in [0.1, 0.15) is 63.6 Å². The van der Waals surface area contributed by atoms with Gasteiger partial charge >= 0.3 is 0 Å². The van der Waals surface area contributed by atoms with Crippen LogP contribution in [0.15, 0.2) is 12.1 Å². The summed E-state index contributed by atoms with van der Waals surface area (Å²) in [5.41, 5.74) is 2.42. The van der Waals surface area contributed by atoms with Gasteiger partial charge in [-0.3, -0.25) is 0 Å². The normalized spacial score (nSPS) is 16.1. The molecule has 0 aromatic carbocycles. The van der Waals surface area contributed by atoms with Gasteiger partial charge in [-0.2, -0.15) is 0 Å². The minimum absolute atomic E-state index is 0.729. The molecule has 1 aliphatic carbocycles. The van der Waals surface area contributed by atoms with Crippen LogP contribution >= 0.6 is 0 Å². The maximum absolute atomic E-state index is 6.00. The molecule has 21 heavy (non-hydrogen) atoms. The fraction of sp³-hybridized carbons (Fsp3) is 0.722. The molecular weight excluding hydrogens is 260 g/mol. The third-order valence-electron chi connectivity index (χ3n) is 4.22. The predicted molar refractivity (Wildman–Crippen MR) is 87.7 cm³/mol. The Labute approximate surface area is 129 Å². The Kier molecular flexibility index (Phi) is 7.01. The van der Waals surface area contributed by atoms with E-state index in [4.69, 9.17) is 4.74 Å². The van der Waals surface area contributed by atoms with E-state index in [2.05, 4.69) is 36.3 Å². The van der Waals surface area contributed by atoms with Crippen LogP contribution in [-0.2, 0) is 13.0 Å². The molecule has 0 spiro atoms. The Morgan fingerprint density at radius 2 is 2.00 bits per heavy atom. The second-order valence-electron chi connectivity index (χ2n) is 6.15. The van der Waals surface area contributed by atoms with Gasteiger partial charge in [-0.25, -0.2) is 4.98 Å². The number of aromatic nitrogens is 1. The highest BCUT2D eigenvalue weighted by molar-refractivity contribution is 5.25. The Morgan fingerprint density at radius 3 is 2.71 bits per heavy atom. The molecular formula is C18H30N2O. The molecule has 0 unspecified atom stereocenters. The van der Waals surface area contributed by atoms with Crippen LogP contribution in [0, 0.1) is 5.92 Å². The van der Waals surface area contributed by atoms with Crippen LogP contribution < -0.4 is 10.1 Å². The molecule has 1 N–H and O–H groups in total. The van der Waals surface area contributed by atoms with Gasteiger partial charge in [-0.1, -0.05) is 33.1 Å². The zero-order valence-electron chi connectivity index (χ0n) is 13.7. The van der Waals surface area contributed by atoms with Crippen LogP contribution in [0.5, 0.6) is 5.88 Å². The summed E-state index contributed by atoms with van der Waals surface area (Å²) in [4.78, 5) is 4.61. The molecule has 1 aliphatic rings. The quantitative estimate of drug-likeness (QED) is 0.732. The smallest absolute Gasteiger partial charge is 0.213 e. The van der Waals surface area contributed by atoms with Crippen LogP contribution in [0.2, 0.25) is 0 Å². The summed E-state index contributed by atoms with van der Waals surface area (Å²) in [5, 5.41) is 3.45. The van der Waals surface area contributed by atoms with E-state index in [9.17, 15) is 0 Å². The van der Waals surface area contributed by atoms with Gasteiger partial charge in [0.25, 0.3) is 0 Å². The van der Waals surface area contributed by atoms with E-state index < -0.39 is 0 Å². The van der Waals surface area contributed by atoms with E-state index in [-0.39, 0.29) is 0 Å². The molecule has 0 aliphatic heterocycles. The average molecular weight is 290 g/mol. The first kappa shape index (κ1) is 16.3. The number of pyridine rings is 1. The molecule has 2 rings (SSSR count). The van der Waals surface area contributed by atoms with Crippen molar-refractivity contribution in [2.75, 3.05) is 13.2 Å². The van der Waals surface area contributed by atoms with Crippen molar-refractivity contribution in [3.05, 3.63) is 23.4 Å². The molecule has 0 bridgehead atoms. The lowest BCUT2D eigenvalue weighted by molar-refractivity contribution is 0.202. The molecule has 0 radical (unpaired) electrons. The number of rotatable bonds is 8. The Bertz CT molecular complexity index is 414. The summed E-state index contributed by atoms with van der Waals surface area (Å²) >= 11 is 0. The third kappa shape index (κ3) is 5.66. The second-order valence-corrected chi connectivity index (χ2v) is 6.15. The van der Waals surface area contributed by atoms with Crippen molar-refractivity contribution < 1.29 is 4.74 Å². The highest BCUT2D eigenvalue weighted by Crippen LogP contribution is 2.24. The molecule has 3 heteroatoms. The van der Waals surface area contributed by atoms with Gasteiger partial charge < -0.3 is 10.1 Å². The monoisotopic (exact) mass is 290 g/mol. The van der Waals surface area contributed by atoms with E-state index in [1.54, 1.807) is 0 Å². The van der Waals surface area contributed by atoms with Crippen molar-refractivity contribution in [3.63, 3.8) is 0 Å². The van der Waals surface area contributed by atoms with Gasteiger partial charge in [-0.05, 0) is 49.8 Å². The molecule has 0 atom stereocenters. The van der Waals surface area contributed by atoms with Crippen LogP contribution in [0.25, 0.3) is 0 Å². The fourth-order valence-corrected chi connectivity index (χ4v) is 2.94. The number of hydrogen-bond donors (Lipinski definition) is 1. The van der Waals surface area contributed by atoms with Gasteiger partial charge in [0.2, 0.25) is 5.88 Å². The van der Waals surface area contributed by atoms with E-state index in [1.807, 2.05) is 0 Å². The summed E-state index contributed by atoms with van der Waals surface area (Å²) in [7, 11) is 0. The van der Waals surface area contributed by atoms with Gasteiger partial charge in [-0.15, -0.1) is 0 Å². The first-order chi connectivity index (χ1) is 10.3. The van der Waals surface area contributed by atoms with Crippen molar-refractivity contribution in [1.29, 1.82) is 0 Å². The van der Waals surface area contributed by atoms with Crippen LogP contribution in [-0.4, -0.2) is 18.1 Å². The molecule has 118 valence electrons. The van der Waals surface area contributed by atoms with Crippen molar-refractivity contribution in [2.45, 2.75) is 65.3 Å². The highest BCUT2D eigenvalue weighted by atomic mass is 16.5. The maximum atomic E-state index is 6.00. The molecule has 0 saturated heterocycles. The van der Waals surface area contributed by atoms with Crippen LogP contribution in [0.4, 0.5) is 0 Å². The van der Waals surface area contributed by atoms with E-state index >= 15 is 0 Å². The minimum atomic E-state index is 0.729. The summed E-state index contributed by atoms with van der Waals surface area (Å²) in [6.07, 6.45) is 8.88. The number of aryl methyl sites for hydroxylation is 1. The highest BCUT2D eigenvalue weighted by Gasteiger charge is 2.14. The molecule has 1 aromatic rings. The van der Waals surface area contributed by atoms with Gasteiger partial charge in [0.1, 0.15) is 0 Å². The number of hydrogen-bond acceptors (Lipinski definition) is 3. The van der Waals surface area contributed by atoms with E-state index in [0.29, 0.717) is 0 Å². The number of nitrogens with one attached hydrogen (secondary N) is 1. The minimum Gasteiger partial charge on any atom is -0.477 e. The largest absolute Gasteiger partial charge is 0.477 e. The fourth-order valence-electron chi connectivity index (χ4n) is 2.94. The van der Waals surface area contributed by atoms with Gasteiger partial charge in [0.15, 0.2) is 0 Å². The molecule has 1 heterocycles. The summed E-state index contributed by atoms with van der Waals surface area (Å²) in [6, 6.07) is 4.29. The van der Waals surface area contributed by atoms with E-state index in [0.717, 1.165) is 50.0 Å². The zero-order valence-corrected chi connectivity index (χ0v) is 13.7. The second kappa shape index (κ2) is 9.04. The average Bonchev–Trinajstić information content (AvgIpc) is 2.54. The topological polar surface area (TPSA) is 34.2 Å². The third-order valence-corrected chi connectivity index (χ3v) is 4.22. The number of nitrogens with zero attached hydrogens (tertiary/aromatic N) is 1. The van der Waals surface area contributed by atoms with Crippen molar-refractivity contribution in [2.24, 2.45) is 5.92 Å². The summed E-state index contributed by atoms with van der Waals surface area (Å²) in [6.45, 7) is 7.14. The molecule has 0 amide bonds. The SMILES string of the molecule is CCCNCc1cc(CC)nc(OCC2CCCCC2)c1. The maximum Gasteiger partial charge on any atom is 0.213 e. The Hall–Kier alpha value is -1.09. The van der Waals surface area contributed by atoms with Gasteiger partial charge in [0, 0.05) is 18.3 Å². The molecule has 3 nitrogen and oxygen atoms in total. The Morgan fingerprint density at radius 1 is 1.19 bits per heavy atom. The van der Waals surface area contributed by atoms with Crippen LogP contribution in [0.3, 0.4) is 0 Å². The first-order valence-electron chi connectivity index (χ1n) is 8.65. The number of ether oxygens (including phenoxy) is 1. The zero-order chi connectivity index (χ0) is 14.9. The molecule has 1 aromatic heterocycles. The van der Waals surface area contributed by atoms with E-state index in [1.165, 1.54) is 37.7 Å². The predicted octanol–water partition coefficient (Wildman–Crippen LogP) is 4.10. The van der Waals surface area contributed by atoms with Crippen molar-refractivity contribution in [3.8, 4) is 5.88 Å². The lowest BCUT2D eigenvalue weighted by Gasteiger charge is -2.21. The first-order valence-corrected chi connectivity index (χ1v) is 8.65. The summed E-state index contributed by atoms with van der Waals surface area (Å²) in [5.74, 6) is 1.54. The molecule has 1 saturated carbocycles. The van der Waals surface area contributed by atoms with Crippen molar-refractivity contribution >= 4 is 0 Å². The summed E-state index contributed by atoms with van der Waals surface area (Å²) < 4.78 is 6.00. The van der Waals surface area contributed by atoms with Crippen molar-refractivity contribution in [1.82, 2.24) is 10.3 Å².